The van der Waals surface area contributed by atoms with Crippen molar-refractivity contribution in [3.8, 4) is 11.1 Å². The zero-order valence-corrected chi connectivity index (χ0v) is 16.7. The van der Waals surface area contributed by atoms with E-state index < -0.39 is 0 Å². The van der Waals surface area contributed by atoms with Gasteiger partial charge in [0.15, 0.2) is 5.84 Å². The van der Waals surface area contributed by atoms with Crippen molar-refractivity contribution in [2.75, 3.05) is 13.1 Å². The molecule has 2 aromatic heterocycles. The van der Waals surface area contributed by atoms with Crippen LogP contribution in [0.2, 0.25) is 0 Å². The summed E-state index contributed by atoms with van der Waals surface area (Å²) in [6.07, 6.45) is 11.2. The normalized spacial score (nSPS) is 24.2. The smallest absolute Gasteiger partial charge is 0.226 e. The Morgan fingerprint density at radius 3 is 2.66 bits per heavy atom. The summed E-state index contributed by atoms with van der Waals surface area (Å²) in [5.74, 6) is 1.41. The molecule has 1 aliphatic carbocycles. The van der Waals surface area contributed by atoms with Gasteiger partial charge in [-0.25, -0.2) is 4.99 Å². The Bertz CT molecular complexity index is 940. The summed E-state index contributed by atoms with van der Waals surface area (Å²) in [5, 5.41) is 11.9. The number of carbonyl (C=O) groups excluding carboxylic acids is 1. The van der Waals surface area contributed by atoms with Gasteiger partial charge in [0.2, 0.25) is 5.91 Å². The molecule has 2 aliphatic heterocycles. The number of amides is 1. The summed E-state index contributed by atoms with van der Waals surface area (Å²) in [6, 6.07) is 2.59. The van der Waals surface area contributed by atoms with E-state index in [4.69, 9.17) is 5.41 Å². The van der Waals surface area contributed by atoms with Crippen LogP contribution in [-0.4, -0.2) is 67.8 Å². The van der Waals surface area contributed by atoms with Crippen LogP contribution in [0.1, 0.15) is 38.3 Å². The Morgan fingerprint density at radius 1 is 1.28 bits per heavy atom. The maximum atomic E-state index is 12.7. The predicted molar refractivity (Wildman–Crippen MR) is 111 cm³/mol. The molecule has 4 heterocycles. The van der Waals surface area contributed by atoms with E-state index in [2.05, 4.69) is 37.9 Å². The molecule has 2 bridgehead atoms. The highest BCUT2D eigenvalue weighted by Crippen LogP contribution is 2.38. The molecule has 2 unspecified atom stereocenters. The highest BCUT2D eigenvalue weighted by molar-refractivity contribution is 6.02. The van der Waals surface area contributed by atoms with Crippen molar-refractivity contribution in [2.45, 2.75) is 51.2 Å². The molecule has 3 aliphatic rings. The van der Waals surface area contributed by atoms with Gasteiger partial charge in [0, 0.05) is 61.2 Å². The van der Waals surface area contributed by atoms with Gasteiger partial charge in [-0.2, -0.15) is 5.10 Å². The first-order chi connectivity index (χ1) is 14.2. The summed E-state index contributed by atoms with van der Waals surface area (Å²) in [6.45, 7) is 4.47. The van der Waals surface area contributed by atoms with E-state index in [-0.39, 0.29) is 18.0 Å². The Balaban J connectivity index is 1.37. The summed E-state index contributed by atoms with van der Waals surface area (Å²) < 4.78 is 1.91. The number of aromatic amines is 1. The van der Waals surface area contributed by atoms with Crippen molar-refractivity contribution in [1.82, 2.24) is 24.6 Å². The van der Waals surface area contributed by atoms with Crippen molar-refractivity contribution in [1.29, 1.82) is 5.41 Å². The third-order valence-electron chi connectivity index (χ3n) is 6.36. The maximum Gasteiger partial charge on any atom is 0.226 e. The van der Waals surface area contributed by atoms with Crippen LogP contribution in [0, 0.1) is 11.3 Å². The highest BCUT2D eigenvalue weighted by Gasteiger charge is 2.47. The minimum Gasteiger partial charge on any atom is -0.358 e. The van der Waals surface area contributed by atoms with Gasteiger partial charge in [-0.15, -0.1) is 0 Å². The highest BCUT2D eigenvalue weighted by atomic mass is 16.2. The van der Waals surface area contributed by atoms with Gasteiger partial charge in [0.05, 0.1) is 11.9 Å². The first kappa shape index (κ1) is 18.1. The molecule has 2 N–H and O–H groups in total. The van der Waals surface area contributed by atoms with Crippen LogP contribution in [0.5, 0.6) is 0 Å². The van der Waals surface area contributed by atoms with Gasteiger partial charge in [-0.05, 0) is 38.7 Å². The molecule has 8 heteroatoms. The van der Waals surface area contributed by atoms with Crippen molar-refractivity contribution < 1.29 is 4.79 Å². The number of aryl methyl sites for hydroxylation is 1. The molecular weight excluding hydrogens is 366 g/mol. The molecule has 0 spiro atoms. The van der Waals surface area contributed by atoms with E-state index in [1.807, 2.05) is 23.3 Å². The Hall–Kier alpha value is -2.90. The van der Waals surface area contributed by atoms with E-state index in [0.717, 1.165) is 74.3 Å². The SMILES string of the molecule is CCn1cc(-c2c[nH]c(C(=NC=N)N3CC4CCC(C3)N4C(=O)C3CC3)c2)cn1. The summed E-state index contributed by atoms with van der Waals surface area (Å²) in [4.78, 5) is 24.8. The lowest BCUT2D eigenvalue weighted by atomic mass is 10.1. The van der Waals surface area contributed by atoms with Crippen LogP contribution in [0.4, 0.5) is 0 Å². The fourth-order valence-corrected chi connectivity index (χ4v) is 4.74. The molecule has 1 saturated carbocycles. The zero-order chi connectivity index (χ0) is 20.0. The van der Waals surface area contributed by atoms with Crippen LogP contribution in [0.25, 0.3) is 11.1 Å². The number of nitrogens with one attached hydrogen (secondary N) is 2. The number of aromatic nitrogens is 3. The molecule has 2 saturated heterocycles. The second-order valence-corrected chi connectivity index (χ2v) is 8.28. The molecule has 29 heavy (non-hydrogen) atoms. The summed E-state index contributed by atoms with van der Waals surface area (Å²) in [7, 11) is 0. The Morgan fingerprint density at radius 2 is 2.03 bits per heavy atom. The minimum atomic E-state index is 0.259. The third-order valence-corrected chi connectivity index (χ3v) is 6.36. The fourth-order valence-electron chi connectivity index (χ4n) is 4.74. The molecule has 152 valence electrons. The molecule has 5 rings (SSSR count). The number of carbonyl (C=O) groups is 1. The monoisotopic (exact) mass is 393 g/mol. The topological polar surface area (TPSA) is 93.4 Å². The second kappa shape index (κ2) is 7.17. The second-order valence-electron chi connectivity index (χ2n) is 8.28. The lowest BCUT2D eigenvalue weighted by Crippen LogP contribution is -2.57. The van der Waals surface area contributed by atoms with Crippen molar-refractivity contribution in [3.63, 3.8) is 0 Å². The fraction of sp³-hybridized carbons (Fsp3) is 0.524. The number of piperazine rings is 1. The van der Waals surface area contributed by atoms with Gasteiger partial charge < -0.3 is 14.8 Å². The number of rotatable bonds is 5. The van der Waals surface area contributed by atoms with Crippen LogP contribution < -0.4 is 0 Å². The molecule has 0 radical (unpaired) electrons. The quantitative estimate of drug-likeness (QED) is 0.603. The predicted octanol–water partition coefficient (Wildman–Crippen LogP) is 2.34. The number of aliphatic imine (C=N–C) groups is 1. The van der Waals surface area contributed by atoms with Crippen molar-refractivity contribution in [3.05, 3.63) is 30.4 Å². The van der Waals surface area contributed by atoms with Crippen molar-refractivity contribution in [2.24, 2.45) is 10.9 Å². The molecule has 8 nitrogen and oxygen atoms in total. The van der Waals surface area contributed by atoms with E-state index in [1.54, 1.807) is 0 Å². The molecule has 2 aromatic rings. The van der Waals surface area contributed by atoms with Crippen LogP contribution in [0.15, 0.2) is 29.6 Å². The van der Waals surface area contributed by atoms with Crippen LogP contribution >= 0.6 is 0 Å². The molecule has 3 fully saturated rings. The molecular formula is C21H27N7O. The first-order valence-electron chi connectivity index (χ1n) is 10.5. The average molecular weight is 393 g/mol. The standard InChI is InChI=1S/C21H27N7O/c1-2-27-10-16(9-25-27)15-7-19(23-8-15)20(24-13-22)26-11-17-5-6-18(12-26)28(17)21(29)14-3-4-14/h7-10,13-14,17-18,22-23H,2-6,11-12H2,1H3. The number of hydrogen-bond acceptors (Lipinski definition) is 3. The maximum absolute atomic E-state index is 12.7. The number of hydrogen-bond donors (Lipinski definition) is 2. The average Bonchev–Trinajstić information content (AvgIpc) is 3.17. The van der Waals surface area contributed by atoms with Gasteiger partial charge >= 0.3 is 0 Å². The lowest BCUT2D eigenvalue weighted by Gasteiger charge is -2.42. The summed E-state index contributed by atoms with van der Waals surface area (Å²) in [5.41, 5.74) is 3.01. The summed E-state index contributed by atoms with van der Waals surface area (Å²) >= 11 is 0. The number of nitrogens with zero attached hydrogens (tertiary/aromatic N) is 5. The number of likely N-dealkylation sites (tertiary alicyclic amines) is 1. The van der Waals surface area contributed by atoms with Gasteiger partial charge in [0.1, 0.15) is 6.34 Å². The first-order valence-corrected chi connectivity index (χ1v) is 10.5. The molecule has 0 aromatic carbocycles. The number of amidine groups is 1. The minimum absolute atomic E-state index is 0.259. The van der Waals surface area contributed by atoms with E-state index in [1.165, 1.54) is 0 Å². The van der Waals surface area contributed by atoms with Gasteiger partial charge in [0.25, 0.3) is 0 Å². The molecule has 1 amide bonds. The van der Waals surface area contributed by atoms with Crippen LogP contribution in [0.3, 0.4) is 0 Å². The Labute approximate surface area is 170 Å². The zero-order valence-electron chi connectivity index (χ0n) is 16.7. The van der Waals surface area contributed by atoms with Gasteiger partial charge in [-0.1, -0.05) is 0 Å². The third kappa shape index (κ3) is 3.26. The largest absolute Gasteiger partial charge is 0.358 e. The van der Waals surface area contributed by atoms with E-state index in [9.17, 15) is 4.79 Å². The number of H-pyrrole nitrogens is 1. The van der Waals surface area contributed by atoms with Crippen LogP contribution in [-0.2, 0) is 11.3 Å². The molecule has 2 atom stereocenters. The lowest BCUT2D eigenvalue weighted by molar-refractivity contribution is -0.137. The Kier molecular flexibility index (Phi) is 4.49. The van der Waals surface area contributed by atoms with E-state index >= 15 is 0 Å². The number of fused-ring (bicyclic) bond motifs is 2. The van der Waals surface area contributed by atoms with Crippen molar-refractivity contribution >= 4 is 18.1 Å². The van der Waals surface area contributed by atoms with E-state index in [0.29, 0.717) is 5.91 Å². The van der Waals surface area contributed by atoms with Gasteiger partial charge in [-0.3, -0.25) is 14.9 Å².